The summed E-state index contributed by atoms with van der Waals surface area (Å²) in [6.45, 7) is 0.00206. The van der Waals surface area contributed by atoms with Crippen molar-refractivity contribution in [2.24, 2.45) is 11.5 Å². The second-order valence-electron chi connectivity index (χ2n) is 5.20. The molecule has 1 atom stereocenters. The number of primary amides is 2. The lowest BCUT2D eigenvalue weighted by Crippen LogP contribution is -2.63. The molecule has 0 bridgehead atoms. The van der Waals surface area contributed by atoms with E-state index in [1.165, 1.54) is 24.4 Å². The SMILES string of the molecule is NC(=O)Nc1cccc(CNC2(C(N)=O)C=CNN2)c1F.O=C(O)C(F)(F)F. The van der Waals surface area contributed by atoms with E-state index in [1.54, 1.807) is 6.07 Å². The molecule has 0 saturated heterocycles. The lowest BCUT2D eigenvalue weighted by atomic mass is 10.1. The zero-order valence-electron chi connectivity index (χ0n) is 13.9. The first-order valence-corrected chi connectivity index (χ1v) is 7.28. The second-order valence-corrected chi connectivity index (χ2v) is 5.20. The van der Waals surface area contributed by atoms with E-state index < -0.39 is 35.6 Å². The van der Waals surface area contributed by atoms with Crippen LogP contribution in [-0.4, -0.2) is 34.9 Å². The summed E-state index contributed by atoms with van der Waals surface area (Å²) < 4.78 is 45.9. The molecule has 9 N–H and O–H groups in total. The highest BCUT2D eigenvalue weighted by Gasteiger charge is 2.38. The van der Waals surface area contributed by atoms with Crippen LogP contribution in [-0.2, 0) is 16.1 Å². The number of benzene rings is 1. The fourth-order valence-corrected chi connectivity index (χ4v) is 1.88. The molecule has 0 aliphatic carbocycles. The second kappa shape index (κ2) is 9.01. The van der Waals surface area contributed by atoms with Gasteiger partial charge >= 0.3 is 18.2 Å². The number of nitrogens with two attached hydrogens (primary N) is 2. The highest BCUT2D eigenvalue weighted by Crippen LogP contribution is 2.19. The third-order valence-electron chi connectivity index (χ3n) is 3.21. The Labute approximate surface area is 154 Å². The van der Waals surface area contributed by atoms with E-state index in [9.17, 15) is 27.2 Å². The standard InChI is InChI=1S/C12H15FN6O2.C2HF3O2/c13-9-7(2-1-3-8(9)18-11(15)21)6-16-12(10(14)20)4-5-17-19-12;3-2(4,5)1(6)7/h1-5,16-17,19H,6H2,(H2,14,20)(H3,15,18,21);(H,6,7). The van der Waals surface area contributed by atoms with Crippen molar-refractivity contribution >= 4 is 23.6 Å². The molecule has 0 fully saturated rings. The zero-order chi connectivity index (χ0) is 21.5. The maximum absolute atomic E-state index is 14.2. The number of carboxylic acid groups (broad SMARTS) is 1. The summed E-state index contributed by atoms with van der Waals surface area (Å²) in [7, 11) is 0. The molecule has 14 heteroatoms. The zero-order valence-corrected chi connectivity index (χ0v) is 13.9. The number of carbonyl (C=O) groups is 3. The molecule has 1 aromatic rings. The maximum atomic E-state index is 14.2. The minimum absolute atomic E-state index is 0.00206. The number of nitrogens with one attached hydrogen (secondary N) is 4. The van der Waals surface area contributed by atoms with Gasteiger partial charge < -0.3 is 27.3 Å². The van der Waals surface area contributed by atoms with Crippen LogP contribution >= 0.6 is 0 Å². The first-order chi connectivity index (χ1) is 12.9. The van der Waals surface area contributed by atoms with Crippen molar-refractivity contribution in [1.29, 1.82) is 0 Å². The Morgan fingerprint density at radius 3 is 2.25 bits per heavy atom. The highest BCUT2D eigenvalue weighted by atomic mass is 19.4. The van der Waals surface area contributed by atoms with Gasteiger partial charge in [0.25, 0.3) is 5.91 Å². The van der Waals surface area contributed by atoms with Crippen LogP contribution < -0.4 is 33.0 Å². The third-order valence-corrected chi connectivity index (χ3v) is 3.21. The Balaban J connectivity index is 0.000000480. The van der Waals surface area contributed by atoms with Gasteiger partial charge in [-0.15, -0.1) is 0 Å². The van der Waals surface area contributed by atoms with Crippen molar-refractivity contribution in [2.45, 2.75) is 18.4 Å². The minimum Gasteiger partial charge on any atom is -0.475 e. The average molecular weight is 408 g/mol. The van der Waals surface area contributed by atoms with Gasteiger partial charge in [-0.25, -0.2) is 19.4 Å². The number of aliphatic carboxylic acids is 1. The first kappa shape index (κ1) is 22.7. The smallest absolute Gasteiger partial charge is 0.475 e. The van der Waals surface area contributed by atoms with Crippen LogP contribution in [0.25, 0.3) is 0 Å². The fraction of sp³-hybridized carbons (Fsp3) is 0.214. The minimum atomic E-state index is -5.08. The van der Waals surface area contributed by atoms with Crippen LogP contribution in [0.15, 0.2) is 30.5 Å². The summed E-state index contributed by atoms with van der Waals surface area (Å²) in [5, 5.41) is 12.1. The van der Waals surface area contributed by atoms with Crippen LogP contribution in [0.2, 0.25) is 0 Å². The molecular weight excluding hydrogens is 392 g/mol. The van der Waals surface area contributed by atoms with Gasteiger partial charge in [0.15, 0.2) is 11.5 Å². The largest absolute Gasteiger partial charge is 0.490 e. The summed E-state index contributed by atoms with van der Waals surface area (Å²) >= 11 is 0. The molecule has 0 radical (unpaired) electrons. The van der Waals surface area contributed by atoms with Gasteiger partial charge in [0, 0.05) is 18.3 Å². The van der Waals surface area contributed by atoms with Gasteiger partial charge in [0.1, 0.15) is 0 Å². The Morgan fingerprint density at radius 2 is 1.82 bits per heavy atom. The van der Waals surface area contributed by atoms with Gasteiger partial charge in [-0.1, -0.05) is 12.1 Å². The molecule has 1 aliphatic heterocycles. The number of carbonyl (C=O) groups excluding carboxylic acids is 2. The summed E-state index contributed by atoms with van der Waals surface area (Å²) in [6, 6.07) is 3.58. The average Bonchev–Trinajstić information content (AvgIpc) is 3.05. The number of carboxylic acids is 1. The number of hydrogen-bond donors (Lipinski definition) is 7. The molecule has 28 heavy (non-hydrogen) atoms. The molecule has 3 amide bonds. The monoisotopic (exact) mass is 408 g/mol. The quantitative estimate of drug-likeness (QED) is 0.332. The Kier molecular flexibility index (Phi) is 7.28. The number of amides is 3. The molecule has 0 saturated carbocycles. The first-order valence-electron chi connectivity index (χ1n) is 7.28. The topological polar surface area (TPSA) is 172 Å². The Bertz CT molecular complexity index is 786. The predicted molar refractivity (Wildman–Crippen MR) is 87.5 cm³/mol. The van der Waals surface area contributed by atoms with Crippen molar-refractivity contribution < 1.29 is 37.1 Å². The van der Waals surface area contributed by atoms with E-state index in [1.807, 2.05) is 0 Å². The van der Waals surface area contributed by atoms with Crippen molar-refractivity contribution in [3.63, 3.8) is 0 Å². The molecule has 154 valence electrons. The van der Waals surface area contributed by atoms with E-state index in [4.69, 9.17) is 21.4 Å². The molecule has 10 nitrogen and oxygen atoms in total. The van der Waals surface area contributed by atoms with Crippen LogP contribution in [0.5, 0.6) is 0 Å². The molecule has 1 heterocycles. The van der Waals surface area contributed by atoms with Crippen molar-refractivity contribution in [2.75, 3.05) is 5.32 Å². The van der Waals surface area contributed by atoms with Crippen LogP contribution in [0.4, 0.5) is 28.0 Å². The van der Waals surface area contributed by atoms with Crippen molar-refractivity contribution in [3.05, 3.63) is 41.9 Å². The molecule has 2 rings (SSSR count). The van der Waals surface area contributed by atoms with Gasteiger partial charge in [-0.3, -0.25) is 10.1 Å². The van der Waals surface area contributed by atoms with Gasteiger partial charge in [0.2, 0.25) is 0 Å². The van der Waals surface area contributed by atoms with Crippen molar-refractivity contribution in [1.82, 2.24) is 16.2 Å². The number of anilines is 1. The van der Waals surface area contributed by atoms with Crippen LogP contribution in [0, 0.1) is 5.82 Å². The normalized spacial score (nSPS) is 17.9. The molecule has 0 aromatic heterocycles. The molecular formula is C14H16F4N6O4. The molecule has 0 spiro atoms. The summed E-state index contributed by atoms with van der Waals surface area (Å²) in [6.07, 6.45) is -2.10. The molecule has 1 aliphatic rings. The number of hydrazine groups is 1. The van der Waals surface area contributed by atoms with Crippen LogP contribution in [0.1, 0.15) is 5.56 Å². The van der Waals surface area contributed by atoms with E-state index in [-0.39, 0.29) is 17.8 Å². The third kappa shape index (κ3) is 6.10. The summed E-state index contributed by atoms with van der Waals surface area (Å²) in [4.78, 5) is 31.2. The lowest BCUT2D eigenvalue weighted by molar-refractivity contribution is -0.192. The Hall–Kier alpha value is -3.39. The number of rotatable bonds is 5. The number of alkyl halides is 3. The summed E-state index contributed by atoms with van der Waals surface area (Å²) in [5.41, 5.74) is 14.4. The Morgan fingerprint density at radius 1 is 1.21 bits per heavy atom. The maximum Gasteiger partial charge on any atom is 0.490 e. The van der Waals surface area contributed by atoms with Gasteiger partial charge in [-0.05, 0) is 12.1 Å². The highest BCUT2D eigenvalue weighted by molar-refractivity contribution is 5.88. The lowest BCUT2D eigenvalue weighted by Gasteiger charge is -2.25. The fourth-order valence-electron chi connectivity index (χ4n) is 1.88. The van der Waals surface area contributed by atoms with E-state index in [0.717, 1.165) is 0 Å². The van der Waals surface area contributed by atoms with Crippen LogP contribution in [0.3, 0.4) is 0 Å². The van der Waals surface area contributed by atoms with E-state index in [2.05, 4.69) is 21.5 Å². The molecule has 1 aromatic carbocycles. The van der Waals surface area contributed by atoms with Gasteiger partial charge in [0.05, 0.1) is 5.69 Å². The summed E-state index contributed by atoms with van der Waals surface area (Å²) in [5.74, 6) is -4.07. The number of halogens is 4. The van der Waals surface area contributed by atoms with E-state index >= 15 is 0 Å². The predicted octanol–water partition coefficient (Wildman–Crippen LogP) is -0.158. The van der Waals surface area contributed by atoms with Gasteiger partial charge in [-0.2, -0.15) is 13.2 Å². The number of hydrogen-bond acceptors (Lipinski definition) is 6. The van der Waals surface area contributed by atoms with Crippen molar-refractivity contribution in [3.8, 4) is 0 Å². The number of urea groups is 1. The van der Waals surface area contributed by atoms with E-state index in [0.29, 0.717) is 0 Å². The molecule has 1 unspecified atom stereocenters.